The summed E-state index contributed by atoms with van der Waals surface area (Å²) in [7, 11) is 0. The van der Waals surface area contributed by atoms with Crippen LogP contribution in [-0.2, 0) is 0 Å². The Balaban J connectivity index is 2.59. The smallest absolute Gasteiger partial charge is 0.168 e. The van der Waals surface area contributed by atoms with Crippen molar-refractivity contribution >= 4 is 11.6 Å². The fourth-order valence-corrected chi connectivity index (χ4v) is 0.994. The number of H-pyrrole nitrogens is 1. The van der Waals surface area contributed by atoms with Crippen LogP contribution in [0.1, 0.15) is 26.6 Å². The number of hydrogen-bond acceptors (Lipinski definition) is 3. The average Bonchev–Trinajstić information content (AvgIpc) is 2.24. The Morgan fingerprint density at radius 2 is 2.08 bits per heavy atom. The first-order valence-electron chi connectivity index (χ1n) is 4.44. The Bertz CT molecular complexity index is 282. The van der Waals surface area contributed by atoms with Gasteiger partial charge in [-0.05, 0) is 12.3 Å². The molecule has 0 aliphatic carbocycles. The van der Waals surface area contributed by atoms with Crippen molar-refractivity contribution in [2.75, 3.05) is 17.6 Å². The van der Waals surface area contributed by atoms with Crippen LogP contribution in [0.25, 0.3) is 0 Å². The van der Waals surface area contributed by atoms with Crippen molar-refractivity contribution in [3.63, 3.8) is 0 Å². The van der Waals surface area contributed by atoms with Crippen molar-refractivity contribution < 1.29 is 0 Å². The van der Waals surface area contributed by atoms with Crippen LogP contribution < -0.4 is 11.1 Å². The van der Waals surface area contributed by atoms with Gasteiger partial charge in [-0.15, -0.1) is 0 Å². The van der Waals surface area contributed by atoms with Crippen molar-refractivity contribution in [2.45, 2.75) is 27.7 Å². The van der Waals surface area contributed by atoms with Crippen LogP contribution in [0, 0.1) is 12.3 Å². The van der Waals surface area contributed by atoms with Gasteiger partial charge in [0.1, 0.15) is 11.6 Å². The molecule has 0 bridgehead atoms. The number of nitrogens with zero attached hydrogens (tertiary/aromatic N) is 1. The van der Waals surface area contributed by atoms with Crippen LogP contribution in [-0.4, -0.2) is 16.5 Å². The van der Waals surface area contributed by atoms with Crippen LogP contribution in [0.4, 0.5) is 11.6 Å². The first-order chi connectivity index (χ1) is 5.88. The number of hydrogen-bond donors (Lipinski definition) is 3. The van der Waals surface area contributed by atoms with Gasteiger partial charge in [-0.3, -0.25) is 0 Å². The van der Waals surface area contributed by atoms with E-state index in [-0.39, 0.29) is 5.41 Å². The van der Waals surface area contributed by atoms with Gasteiger partial charge in [0, 0.05) is 6.54 Å². The standard InChI is InChI=1S/C9H18N4/c1-6-12-7(10)8(13-6)11-5-9(2,3)4/h11H,5,10H2,1-4H3,(H,12,13). The Kier molecular flexibility index (Phi) is 2.50. The molecule has 1 heterocycles. The second kappa shape index (κ2) is 3.28. The number of imidazole rings is 1. The molecular weight excluding hydrogens is 164 g/mol. The van der Waals surface area contributed by atoms with E-state index in [1.807, 2.05) is 6.92 Å². The Hall–Kier alpha value is -1.19. The minimum absolute atomic E-state index is 0.235. The molecule has 1 aromatic rings. The second-order valence-corrected chi connectivity index (χ2v) is 4.50. The van der Waals surface area contributed by atoms with E-state index in [0.717, 1.165) is 18.2 Å². The molecule has 1 rings (SSSR count). The van der Waals surface area contributed by atoms with Crippen molar-refractivity contribution in [3.8, 4) is 0 Å². The molecule has 4 nitrogen and oxygen atoms in total. The van der Waals surface area contributed by atoms with Gasteiger partial charge >= 0.3 is 0 Å². The van der Waals surface area contributed by atoms with Crippen LogP contribution in [0.5, 0.6) is 0 Å². The van der Waals surface area contributed by atoms with Crippen molar-refractivity contribution in [1.82, 2.24) is 9.97 Å². The minimum Gasteiger partial charge on any atom is -0.382 e. The highest BCUT2D eigenvalue weighted by atomic mass is 15.1. The average molecular weight is 182 g/mol. The predicted octanol–water partition coefficient (Wildman–Crippen LogP) is 1.76. The van der Waals surface area contributed by atoms with Crippen molar-refractivity contribution in [3.05, 3.63) is 5.82 Å². The predicted molar refractivity (Wildman–Crippen MR) is 55.7 cm³/mol. The third-order valence-electron chi connectivity index (χ3n) is 1.64. The third kappa shape index (κ3) is 2.97. The lowest BCUT2D eigenvalue weighted by Crippen LogP contribution is -2.19. The molecule has 74 valence electrons. The molecule has 0 fully saturated rings. The van der Waals surface area contributed by atoms with Gasteiger partial charge < -0.3 is 16.0 Å². The summed E-state index contributed by atoms with van der Waals surface area (Å²) in [4.78, 5) is 7.17. The lowest BCUT2D eigenvalue weighted by molar-refractivity contribution is 0.442. The van der Waals surface area contributed by atoms with Crippen LogP contribution in [0.3, 0.4) is 0 Å². The summed E-state index contributed by atoms with van der Waals surface area (Å²) in [6.45, 7) is 9.24. The molecule has 0 aliphatic rings. The van der Waals surface area contributed by atoms with Gasteiger partial charge in [-0.2, -0.15) is 0 Å². The van der Waals surface area contributed by atoms with Crippen LogP contribution in [0.15, 0.2) is 0 Å². The molecule has 4 N–H and O–H groups in total. The molecule has 0 aliphatic heterocycles. The second-order valence-electron chi connectivity index (χ2n) is 4.50. The number of aromatic amines is 1. The van der Waals surface area contributed by atoms with Gasteiger partial charge in [0.2, 0.25) is 0 Å². The molecule has 0 saturated carbocycles. The molecule has 4 heteroatoms. The van der Waals surface area contributed by atoms with Gasteiger partial charge in [0.25, 0.3) is 0 Å². The summed E-state index contributed by atoms with van der Waals surface area (Å²) in [5.74, 6) is 2.21. The maximum atomic E-state index is 5.69. The number of aromatic nitrogens is 2. The van der Waals surface area contributed by atoms with Gasteiger partial charge in [-0.1, -0.05) is 20.8 Å². The highest BCUT2D eigenvalue weighted by Gasteiger charge is 2.11. The zero-order chi connectivity index (χ0) is 10.1. The van der Waals surface area contributed by atoms with E-state index in [4.69, 9.17) is 5.73 Å². The highest BCUT2D eigenvalue weighted by molar-refractivity contribution is 5.56. The number of rotatable bonds is 2. The summed E-state index contributed by atoms with van der Waals surface area (Å²) in [5, 5.41) is 3.21. The number of nitrogen functional groups attached to an aromatic ring is 1. The highest BCUT2D eigenvalue weighted by Crippen LogP contribution is 2.18. The molecule has 0 saturated heterocycles. The fraction of sp³-hybridized carbons (Fsp3) is 0.667. The third-order valence-corrected chi connectivity index (χ3v) is 1.64. The number of aryl methyl sites for hydroxylation is 1. The Morgan fingerprint density at radius 1 is 1.46 bits per heavy atom. The van der Waals surface area contributed by atoms with Crippen LogP contribution >= 0.6 is 0 Å². The molecule has 0 amide bonds. The number of nitrogens with two attached hydrogens (primary N) is 1. The minimum atomic E-state index is 0.235. The van der Waals surface area contributed by atoms with Gasteiger partial charge in [0.15, 0.2) is 5.82 Å². The topological polar surface area (TPSA) is 66.7 Å². The largest absolute Gasteiger partial charge is 0.382 e. The molecule has 0 spiro atoms. The lowest BCUT2D eigenvalue weighted by atomic mass is 9.97. The van der Waals surface area contributed by atoms with E-state index in [9.17, 15) is 0 Å². The Morgan fingerprint density at radius 3 is 2.46 bits per heavy atom. The SMILES string of the molecule is Cc1nc(NCC(C)(C)C)c(N)[nH]1. The molecule has 0 radical (unpaired) electrons. The monoisotopic (exact) mass is 182 g/mol. The maximum Gasteiger partial charge on any atom is 0.168 e. The first kappa shape index (κ1) is 9.89. The summed E-state index contributed by atoms with van der Waals surface area (Å²) in [6, 6.07) is 0. The van der Waals surface area contributed by atoms with Gasteiger partial charge in [-0.25, -0.2) is 4.98 Å². The number of nitrogens with one attached hydrogen (secondary N) is 2. The van der Waals surface area contributed by atoms with E-state index < -0.39 is 0 Å². The molecule has 0 atom stereocenters. The maximum absolute atomic E-state index is 5.69. The lowest BCUT2D eigenvalue weighted by Gasteiger charge is -2.18. The summed E-state index contributed by atoms with van der Waals surface area (Å²) in [6.07, 6.45) is 0. The normalized spacial score (nSPS) is 11.7. The summed E-state index contributed by atoms with van der Waals surface area (Å²) in [5.41, 5.74) is 5.93. The molecule has 0 unspecified atom stereocenters. The van der Waals surface area contributed by atoms with E-state index in [2.05, 4.69) is 36.1 Å². The van der Waals surface area contributed by atoms with Crippen molar-refractivity contribution in [2.24, 2.45) is 5.41 Å². The van der Waals surface area contributed by atoms with E-state index in [1.165, 1.54) is 0 Å². The van der Waals surface area contributed by atoms with E-state index in [0.29, 0.717) is 5.82 Å². The van der Waals surface area contributed by atoms with Gasteiger partial charge in [0.05, 0.1) is 0 Å². The molecule has 13 heavy (non-hydrogen) atoms. The zero-order valence-corrected chi connectivity index (χ0v) is 8.73. The van der Waals surface area contributed by atoms with Crippen molar-refractivity contribution in [1.29, 1.82) is 0 Å². The molecule has 1 aromatic heterocycles. The quantitative estimate of drug-likeness (QED) is 0.653. The molecule has 0 aromatic carbocycles. The fourth-order valence-electron chi connectivity index (χ4n) is 0.994. The summed E-state index contributed by atoms with van der Waals surface area (Å²) >= 11 is 0. The Labute approximate surface area is 78.9 Å². The number of anilines is 2. The van der Waals surface area contributed by atoms with Crippen LogP contribution in [0.2, 0.25) is 0 Å². The zero-order valence-electron chi connectivity index (χ0n) is 8.73. The van der Waals surface area contributed by atoms with E-state index >= 15 is 0 Å². The van der Waals surface area contributed by atoms with E-state index in [1.54, 1.807) is 0 Å². The first-order valence-corrected chi connectivity index (χ1v) is 4.44. The summed E-state index contributed by atoms with van der Waals surface area (Å²) < 4.78 is 0. The molecular formula is C9H18N4.